The lowest BCUT2D eigenvalue weighted by molar-refractivity contribution is -0.143. The first-order valence-electron chi connectivity index (χ1n) is 14.0. The predicted molar refractivity (Wildman–Crippen MR) is 153 cm³/mol. The van der Waals surface area contributed by atoms with E-state index in [1.807, 2.05) is 17.0 Å². The van der Waals surface area contributed by atoms with Gasteiger partial charge < -0.3 is 19.3 Å². The highest BCUT2D eigenvalue weighted by atomic mass is 32.2. The predicted octanol–water partition coefficient (Wildman–Crippen LogP) is 3.98. The Hall–Kier alpha value is -3.96. The molecule has 3 aliphatic rings. The van der Waals surface area contributed by atoms with Crippen molar-refractivity contribution in [2.24, 2.45) is 0 Å². The molecule has 6 rings (SSSR count). The first kappa shape index (κ1) is 28.2. The zero-order valence-corrected chi connectivity index (χ0v) is 24.0. The number of fused-ring (bicyclic) bond motifs is 3. The van der Waals surface area contributed by atoms with Gasteiger partial charge in [-0.25, -0.2) is 12.8 Å². The van der Waals surface area contributed by atoms with Gasteiger partial charge in [-0.3, -0.25) is 14.3 Å². The highest BCUT2D eigenvalue weighted by molar-refractivity contribution is 7.92. The summed E-state index contributed by atoms with van der Waals surface area (Å²) in [6.07, 6.45) is 1.67. The molecule has 2 amide bonds. The maximum Gasteiger partial charge on any atom is 0.261 e. The Bertz CT molecular complexity index is 1630. The minimum absolute atomic E-state index is 0.0581. The number of benzene rings is 3. The summed E-state index contributed by atoms with van der Waals surface area (Å²) >= 11 is 0. The summed E-state index contributed by atoms with van der Waals surface area (Å²) in [5.74, 6) is -0.651. The number of anilines is 1. The molecule has 3 aliphatic heterocycles. The lowest BCUT2D eigenvalue weighted by atomic mass is 9.94. The minimum atomic E-state index is -4.07. The summed E-state index contributed by atoms with van der Waals surface area (Å²) in [5.41, 5.74) is 2.82. The molecule has 0 unspecified atom stereocenters. The number of nitrogens with one attached hydrogen (secondary N) is 1. The van der Waals surface area contributed by atoms with E-state index >= 15 is 0 Å². The fraction of sp³-hybridized carbons (Fsp3) is 0.355. The van der Waals surface area contributed by atoms with Crippen LogP contribution in [0.25, 0.3) is 0 Å². The van der Waals surface area contributed by atoms with Crippen molar-refractivity contribution in [2.75, 3.05) is 24.9 Å². The van der Waals surface area contributed by atoms with Gasteiger partial charge in [0.05, 0.1) is 29.0 Å². The van der Waals surface area contributed by atoms with Crippen molar-refractivity contribution in [3.8, 4) is 5.75 Å². The van der Waals surface area contributed by atoms with E-state index in [9.17, 15) is 22.4 Å². The SMILES string of the molecule is CN1C(=O)c2cc(NS(=O)(=O)c3cccc(F)c3)ccc2OC[C@@H]2O[C@@H](CC(=O)N3CCc4ccccc4C3)CC[C@H]21. The fourth-order valence-electron chi connectivity index (χ4n) is 5.97. The Morgan fingerprint density at radius 1 is 1.05 bits per heavy atom. The van der Waals surface area contributed by atoms with E-state index in [4.69, 9.17) is 9.47 Å². The molecule has 1 saturated heterocycles. The number of halogens is 1. The zero-order valence-electron chi connectivity index (χ0n) is 23.2. The number of carbonyl (C=O) groups is 2. The smallest absolute Gasteiger partial charge is 0.261 e. The van der Waals surface area contributed by atoms with Gasteiger partial charge in [-0.1, -0.05) is 30.3 Å². The molecule has 0 bridgehead atoms. The quantitative estimate of drug-likeness (QED) is 0.480. The minimum Gasteiger partial charge on any atom is -0.490 e. The number of amides is 2. The average molecular weight is 594 g/mol. The van der Waals surface area contributed by atoms with Crippen LogP contribution in [0.3, 0.4) is 0 Å². The summed E-state index contributed by atoms with van der Waals surface area (Å²) in [7, 11) is -2.38. The Kier molecular flexibility index (Phi) is 7.63. The molecule has 9 nitrogen and oxygen atoms in total. The first-order chi connectivity index (χ1) is 20.2. The van der Waals surface area contributed by atoms with Crippen LogP contribution >= 0.6 is 0 Å². The number of carbonyl (C=O) groups excluding carboxylic acids is 2. The molecule has 1 fully saturated rings. The summed E-state index contributed by atoms with van der Waals surface area (Å²) < 4.78 is 54.0. The van der Waals surface area contributed by atoms with Crippen LogP contribution in [0.4, 0.5) is 10.1 Å². The van der Waals surface area contributed by atoms with Gasteiger partial charge in [-0.2, -0.15) is 0 Å². The van der Waals surface area contributed by atoms with Crippen LogP contribution in [0.5, 0.6) is 5.75 Å². The Balaban J connectivity index is 1.13. The molecule has 11 heteroatoms. The van der Waals surface area contributed by atoms with Gasteiger partial charge in [0.2, 0.25) is 5.91 Å². The number of likely N-dealkylation sites (N-methyl/N-ethyl adjacent to an activating group) is 1. The monoisotopic (exact) mass is 593 g/mol. The number of sulfonamides is 1. The van der Waals surface area contributed by atoms with Crippen LogP contribution in [0.15, 0.2) is 71.6 Å². The Morgan fingerprint density at radius 3 is 2.67 bits per heavy atom. The van der Waals surface area contributed by atoms with E-state index in [1.165, 1.54) is 41.5 Å². The molecule has 0 aromatic heterocycles. The number of nitrogens with zero attached hydrogens (tertiary/aromatic N) is 2. The van der Waals surface area contributed by atoms with Gasteiger partial charge in [0, 0.05) is 25.8 Å². The van der Waals surface area contributed by atoms with E-state index < -0.39 is 21.9 Å². The van der Waals surface area contributed by atoms with Gasteiger partial charge in [0.15, 0.2) is 0 Å². The molecule has 0 saturated carbocycles. The molecule has 3 heterocycles. The van der Waals surface area contributed by atoms with E-state index in [0.717, 1.165) is 18.6 Å². The maximum absolute atomic E-state index is 13.6. The molecular weight excluding hydrogens is 561 g/mol. The number of ether oxygens (including phenoxy) is 2. The molecule has 42 heavy (non-hydrogen) atoms. The highest BCUT2D eigenvalue weighted by Gasteiger charge is 2.39. The van der Waals surface area contributed by atoms with Gasteiger partial charge in [0.25, 0.3) is 15.9 Å². The van der Waals surface area contributed by atoms with Crippen LogP contribution < -0.4 is 9.46 Å². The molecule has 0 radical (unpaired) electrons. The average Bonchev–Trinajstić information content (AvgIpc) is 2.99. The van der Waals surface area contributed by atoms with Gasteiger partial charge in [-0.15, -0.1) is 0 Å². The molecule has 0 spiro atoms. The summed E-state index contributed by atoms with van der Waals surface area (Å²) in [4.78, 5) is 30.0. The number of rotatable bonds is 5. The van der Waals surface area contributed by atoms with Crippen LogP contribution in [0.1, 0.15) is 40.7 Å². The van der Waals surface area contributed by atoms with E-state index in [0.29, 0.717) is 31.7 Å². The molecule has 3 atom stereocenters. The van der Waals surface area contributed by atoms with E-state index in [2.05, 4.69) is 16.9 Å². The topological polar surface area (TPSA) is 105 Å². The zero-order chi connectivity index (χ0) is 29.4. The molecule has 0 aliphatic carbocycles. The van der Waals surface area contributed by atoms with Gasteiger partial charge in [-0.05, 0) is 66.8 Å². The van der Waals surface area contributed by atoms with E-state index in [1.54, 1.807) is 11.9 Å². The second kappa shape index (κ2) is 11.4. The molecule has 3 aromatic rings. The van der Waals surface area contributed by atoms with Crippen molar-refractivity contribution in [1.82, 2.24) is 9.80 Å². The lowest BCUT2D eigenvalue weighted by Crippen LogP contribution is -2.54. The van der Waals surface area contributed by atoms with Crippen molar-refractivity contribution in [2.45, 2.75) is 55.4 Å². The fourth-order valence-corrected chi connectivity index (χ4v) is 7.05. The third-order valence-corrected chi connectivity index (χ3v) is 9.63. The van der Waals surface area contributed by atoms with Crippen molar-refractivity contribution in [3.63, 3.8) is 0 Å². The van der Waals surface area contributed by atoms with Crippen molar-refractivity contribution in [1.29, 1.82) is 0 Å². The summed E-state index contributed by atoms with van der Waals surface area (Å²) in [6, 6.07) is 17.0. The number of hydrogen-bond donors (Lipinski definition) is 1. The number of hydrogen-bond acceptors (Lipinski definition) is 6. The molecular formula is C31H32FN3O6S. The molecule has 220 valence electrons. The van der Waals surface area contributed by atoms with Crippen LogP contribution in [-0.2, 0) is 32.5 Å². The second-order valence-corrected chi connectivity index (χ2v) is 12.7. The highest BCUT2D eigenvalue weighted by Crippen LogP contribution is 2.33. The van der Waals surface area contributed by atoms with Crippen LogP contribution in [0, 0.1) is 5.82 Å². The largest absolute Gasteiger partial charge is 0.490 e. The Labute approximate surface area is 244 Å². The van der Waals surface area contributed by atoms with Gasteiger partial charge >= 0.3 is 0 Å². The summed E-state index contributed by atoms with van der Waals surface area (Å²) in [6.45, 7) is 1.46. The van der Waals surface area contributed by atoms with Crippen molar-refractivity contribution in [3.05, 3.63) is 89.2 Å². The summed E-state index contributed by atoms with van der Waals surface area (Å²) in [5, 5.41) is 0. The van der Waals surface area contributed by atoms with Gasteiger partial charge in [0.1, 0.15) is 24.3 Å². The second-order valence-electron chi connectivity index (χ2n) is 11.0. The molecule has 1 N–H and O–H groups in total. The first-order valence-corrected chi connectivity index (χ1v) is 15.5. The standard InChI is InChI=1S/C31H32FN3O6S/c1-34-27-11-10-24(17-30(36)35-14-13-20-5-2-3-6-21(20)18-35)41-29(27)19-40-28-12-9-23(16-26(28)31(34)37)33-42(38,39)25-8-4-7-22(32)15-25/h2-9,12,15-16,24,27,29,33H,10-11,13-14,17-19H2,1H3/t24-,27-,29+/m1/s1. The van der Waals surface area contributed by atoms with Crippen LogP contribution in [0.2, 0.25) is 0 Å². The van der Waals surface area contributed by atoms with Crippen molar-refractivity contribution >= 4 is 27.5 Å². The molecule has 3 aromatic carbocycles. The normalized spacial score (nSPS) is 22.1. The lowest BCUT2D eigenvalue weighted by Gasteiger charge is -2.42. The van der Waals surface area contributed by atoms with E-state index in [-0.39, 0.29) is 53.1 Å². The third kappa shape index (κ3) is 5.71. The Morgan fingerprint density at radius 2 is 1.86 bits per heavy atom. The maximum atomic E-state index is 13.6. The van der Waals surface area contributed by atoms with Crippen LogP contribution in [-0.4, -0.2) is 68.5 Å². The van der Waals surface area contributed by atoms with Crippen molar-refractivity contribution < 1.29 is 31.9 Å². The third-order valence-electron chi connectivity index (χ3n) is 8.26.